The van der Waals surface area contributed by atoms with Gasteiger partial charge in [-0.15, -0.1) is 0 Å². The van der Waals surface area contributed by atoms with E-state index in [0.717, 1.165) is 6.92 Å². The Balaban J connectivity index is 4.22. The van der Waals surface area contributed by atoms with Gasteiger partial charge in [0.2, 0.25) is 0 Å². The van der Waals surface area contributed by atoms with Crippen molar-refractivity contribution >= 4 is 6.04 Å². The third-order valence-corrected chi connectivity index (χ3v) is 1.08. The molecule has 0 amide bonds. The highest BCUT2D eigenvalue weighted by molar-refractivity contribution is 5.71. The predicted octanol–water partition coefficient (Wildman–Crippen LogP) is 2.07. The molecule has 1 unspecified atom stereocenters. The van der Waals surface area contributed by atoms with Gasteiger partial charge in [-0.2, -0.15) is 17.6 Å². The normalized spacial score (nSPS) is 14.9. The minimum Gasteiger partial charge on any atom is -0.260 e. The second-order valence-electron chi connectivity index (χ2n) is 1.81. The monoisotopic (exact) mass is 158 g/mol. The van der Waals surface area contributed by atoms with Gasteiger partial charge in [-0.1, -0.05) is 6.92 Å². The smallest absolute Gasteiger partial charge is 0.260 e. The van der Waals surface area contributed by atoms with Crippen LogP contribution < -0.4 is 0 Å². The van der Waals surface area contributed by atoms with E-state index in [0.29, 0.717) is 0 Å². The number of carbonyl (C=O) groups is 1. The number of carbonyl (C=O) groups excluding carboxylic acids is 1. The average molecular weight is 158 g/mol. The van der Waals surface area contributed by atoms with E-state index in [1.807, 2.05) is 0 Å². The molecular weight excluding hydrogens is 152 g/mol. The summed E-state index contributed by atoms with van der Waals surface area (Å²) in [6.07, 6.45) is -5.28. The van der Waals surface area contributed by atoms with Crippen molar-refractivity contribution in [2.24, 2.45) is 5.92 Å². The number of hydrogen-bond acceptors (Lipinski definition) is 1. The van der Waals surface area contributed by atoms with Gasteiger partial charge in [0, 0.05) is 0 Å². The first kappa shape index (κ1) is 9.39. The van der Waals surface area contributed by atoms with Crippen LogP contribution in [0.4, 0.5) is 17.6 Å². The fraction of sp³-hybridized carbons (Fsp3) is 0.800. The largest absolute Gasteiger partial charge is 0.401 e. The molecule has 0 radical (unpaired) electrons. The summed E-state index contributed by atoms with van der Waals surface area (Å²) in [7, 11) is 0. The van der Waals surface area contributed by atoms with Crippen molar-refractivity contribution in [3.05, 3.63) is 0 Å². The Kier molecular flexibility index (Phi) is 2.80. The van der Waals surface area contributed by atoms with Crippen molar-refractivity contribution in [2.45, 2.75) is 19.5 Å². The van der Waals surface area contributed by atoms with Crippen LogP contribution in [0.3, 0.4) is 0 Å². The molecule has 1 nitrogen and oxygen atoms in total. The molecule has 10 heavy (non-hydrogen) atoms. The SMILES string of the molecule is CCC(C(=O)F)C(F)(F)F. The summed E-state index contributed by atoms with van der Waals surface area (Å²) < 4.78 is 46.0. The maximum absolute atomic E-state index is 11.5. The first-order chi connectivity index (χ1) is 4.39. The molecule has 0 aromatic carbocycles. The summed E-state index contributed by atoms with van der Waals surface area (Å²) in [6, 6.07) is -2.31. The maximum atomic E-state index is 11.5. The highest BCUT2D eigenvalue weighted by Gasteiger charge is 2.43. The van der Waals surface area contributed by atoms with Crippen molar-refractivity contribution < 1.29 is 22.4 Å². The first-order valence-corrected chi connectivity index (χ1v) is 2.65. The van der Waals surface area contributed by atoms with Gasteiger partial charge >= 0.3 is 12.2 Å². The Morgan fingerprint density at radius 3 is 1.90 bits per heavy atom. The Morgan fingerprint density at radius 2 is 1.90 bits per heavy atom. The van der Waals surface area contributed by atoms with Crippen LogP contribution in [-0.2, 0) is 4.79 Å². The summed E-state index contributed by atoms with van der Waals surface area (Å²) >= 11 is 0. The zero-order valence-electron chi connectivity index (χ0n) is 5.20. The fourth-order valence-corrected chi connectivity index (χ4v) is 0.521. The van der Waals surface area contributed by atoms with E-state index in [9.17, 15) is 22.4 Å². The number of halogens is 4. The van der Waals surface area contributed by atoms with Gasteiger partial charge in [0.05, 0.1) is 0 Å². The molecule has 0 aliphatic heterocycles. The summed E-state index contributed by atoms with van der Waals surface area (Å²) in [5, 5.41) is 0. The number of rotatable bonds is 2. The summed E-state index contributed by atoms with van der Waals surface area (Å²) in [6.45, 7) is 1.11. The van der Waals surface area contributed by atoms with Crippen molar-refractivity contribution in [3.8, 4) is 0 Å². The Morgan fingerprint density at radius 1 is 1.50 bits per heavy atom. The lowest BCUT2D eigenvalue weighted by molar-refractivity contribution is -0.188. The molecule has 0 heterocycles. The second-order valence-corrected chi connectivity index (χ2v) is 1.81. The molecule has 0 rings (SSSR count). The third kappa shape index (κ3) is 2.33. The van der Waals surface area contributed by atoms with Crippen LogP contribution in [0.2, 0.25) is 0 Å². The zero-order chi connectivity index (χ0) is 8.36. The van der Waals surface area contributed by atoms with E-state index < -0.39 is 24.6 Å². The van der Waals surface area contributed by atoms with E-state index in [1.54, 1.807) is 0 Å². The standard InChI is InChI=1S/C5H6F4O/c1-2-3(4(6)10)5(7,8)9/h3H,2H2,1H3. The van der Waals surface area contributed by atoms with Gasteiger partial charge < -0.3 is 0 Å². The molecular formula is C5H6F4O. The molecule has 0 aromatic rings. The lowest BCUT2D eigenvalue weighted by Gasteiger charge is -2.11. The Labute approximate surface area is 55.0 Å². The Bertz CT molecular complexity index is 128. The van der Waals surface area contributed by atoms with E-state index in [-0.39, 0.29) is 0 Å². The first-order valence-electron chi connectivity index (χ1n) is 2.65. The van der Waals surface area contributed by atoms with E-state index in [4.69, 9.17) is 0 Å². The van der Waals surface area contributed by atoms with Gasteiger partial charge in [0.1, 0.15) is 5.92 Å². The molecule has 0 aromatic heterocycles. The molecule has 0 saturated carbocycles. The van der Waals surface area contributed by atoms with Gasteiger partial charge in [-0.25, -0.2) is 0 Å². The molecule has 0 saturated heterocycles. The quantitative estimate of drug-likeness (QED) is 0.444. The zero-order valence-corrected chi connectivity index (χ0v) is 5.20. The van der Waals surface area contributed by atoms with Crippen molar-refractivity contribution in [1.82, 2.24) is 0 Å². The van der Waals surface area contributed by atoms with Gasteiger partial charge in [-0.3, -0.25) is 4.79 Å². The maximum Gasteiger partial charge on any atom is 0.401 e. The number of alkyl halides is 3. The second kappa shape index (κ2) is 2.98. The van der Waals surface area contributed by atoms with Crippen LogP contribution in [0.15, 0.2) is 0 Å². The van der Waals surface area contributed by atoms with Crippen molar-refractivity contribution in [2.75, 3.05) is 0 Å². The molecule has 60 valence electrons. The summed E-state index contributed by atoms with van der Waals surface area (Å²) in [5.74, 6) is -2.44. The molecule has 0 fully saturated rings. The van der Waals surface area contributed by atoms with Gasteiger partial charge in [0.15, 0.2) is 0 Å². The van der Waals surface area contributed by atoms with Crippen LogP contribution in [0.5, 0.6) is 0 Å². The van der Waals surface area contributed by atoms with E-state index in [2.05, 4.69) is 0 Å². The van der Waals surface area contributed by atoms with Crippen LogP contribution in [0, 0.1) is 5.92 Å². The highest BCUT2D eigenvalue weighted by Crippen LogP contribution is 2.29. The fourth-order valence-electron chi connectivity index (χ4n) is 0.521. The van der Waals surface area contributed by atoms with Crippen molar-refractivity contribution in [3.63, 3.8) is 0 Å². The molecule has 0 N–H and O–H groups in total. The summed E-state index contributed by atoms with van der Waals surface area (Å²) in [4.78, 5) is 9.63. The molecule has 0 aliphatic carbocycles. The van der Waals surface area contributed by atoms with E-state index >= 15 is 0 Å². The lowest BCUT2D eigenvalue weighted by Crippen LogP contribution is -2.27. The van der Waals surface area contributed by atoms with E-state index in [1.165, 1.54) is 0 Å². The Hall–Kier alpha value is -0.610. The average Bonchev–Trinajstić information content (AvgIpc) is 1.60. The van der Waals surface area contributed by atoms with Gasteiger partial charge in [0.25, 0.3) is 0 Å². The molecule has 5 heteroatoms. The van der Waals surface area contributed by atoms with Crippen LogP contribution >= 0.6 is 0 Å². The summed E-state index contributed by atoms with van der Waals surface area (Å²) in [5.41, 5.74) is 0. The molecule has 0 spiro atoms. The van der Waals surface area contributed by atoms with Crippen LogP contribution in [0.25, 0.3) is 0 Å². The minimum absolute atomic E-state index is 0.543. The van der Waals surface area contributed by atoms with Gasteiger partial charge in [-0.05, 0) is 6.42 Å². The topological polar surface area (TPSA) is 17.1 Å². The highest BCUT2D eigenvalue weighted by atomic mass is 19.4. The lowest BCUT2D eigenvalue weighted by atomic mass is 10.1. The molecule has 0 bridgehead atoms. The third-order valence-electron chi connectivity index (χ3n) is 1.08. The minimum atomic E-state index is -4.74. The predicted molar refractivity (Wildman–Crippen MR) is 26.0 cm³/mol. The molecule has 0 aliphatic rings. The molecule has 1 atom stereocenters. The van der Waals surface area contributed by atoms with Crippen LogP contribution in [-0.4, -0.2) is 12.2 Å². The number of hydrogen-bond donors (Lipinski definition) is 0. The van der Waals surface area contributed by atoms with Crippen LogP contribution in [0.1, 0.15) is 13.3 Å². The van der Waals surface area contributed by atoms with Crippen molar-refractivity contribution in [1.29, 1.82) is 0 Å².